The number of hydrogen-bond acceptors (Lipinski definition) is 4. The van der Waals surface area contributed by atoms with Crippen molar-refractivity contribution >= 4 is 15.9 Å². The summed E-state index contributed by atoms with van der Waals surface area (Å²) in [7, 11) is -3.54. The van der Waals surface area contributed by atoms with Gasteiger partial charge in [0.05, 0.1) is 10.9 Å². The van der Waals surface area contributed by atoms with Crippen molar-refractivity contribution in [2.75, 3.05) is 0 Å². The Morgan fingerprint density at radius 3 is 2.78 bits per heavy atom. The molecule has 1 heterocycles. The predicted molar refractivity (Wildman–Crippen MR) is 100 cm³/mol. The third kappa shape index (κ3) is 4.06. The second-order valence-corrected chi connectivity index (χ2v) is 9.04. The molecular weight excluding hydrogens is 364 g/mol. The molecule has 2 aromatic rings. The minimum atomic E-state index is -3.54. The highest BCUT2D eigenvalue weighted by Crippen LogP contribution is 2.33. The van der Waals surface area contributed by atoms with Crippen molar-refractivity contribution in [3.63, 3.8) is 0 Å². The second kappa shape index (κ2) is 7.44. The molecule has 2 N–H and O–H groups in total. The first-order valence-electron chi connectivity index (χ1n) is 9.43. The van der Waals surface area contributed by atoms with E-state index in [1.807, 2.05) is 6.07 Å². The van der Waals surface area contributed by atoms with Crippen LogP contribution in [0.2, 0.25) is 0 Å². The minimum Gasteiger partial charge on any atom is -0.348 e. The topological polar surface area (TPSA) is 93.1 Å². The number of carbonyl (C=O) groups excluding carboxylic acids is 1. The standard InChI is InChI=1S/C19H24N4O3S/c24-19(13-23-11-3-10-20-23)21-18-9-7-14-6-8-16(12-17(14)18)27(25,26)22-15-4-1-2-5-15/h3,6,8,10-12,15,18,22H,1-2,4-5,7,9,13H2,(H,21,24)/t18-/m1/s1. The molecule has 1 aromatic carbocycles. The van der Waals surface area contributed by atoms with Crippen molar-refractivity contribution in [2.45, 2.75) is 62.0 Å². The summed E-state index contributed by atoms with van der Waals surface area (Å²) in [5.74, 6) is -0.131. The van der Waals surface area contributed by atoms with Gasteiger partial charge in [0.1, 0.15) is 6.54 Å². The van der Waals surface area contributed by atoms with Crippen LogP contribution in [0.15, 0.2) is 41.6 Å². The lowest BCUT2D eigenvalue weighted by Gasteiger charge is -2.16. The Bertz CT molecular complexity index is 918. The molecule has 0 radical (unpaired) electrons. The number of aromatic nitrogens is 2. The molecule has 2 aliphatic carbocycles. The summed E-state index contributed by atoms with van der Waals surface area (Å²) in [4.78, 5) is 12.6. The molecule has 4 rings (SSSR count). The van der Waals surface area contributed by atoms with Crippen LogP contribution in [0.1, 0.15) is 49.3 Å². The molecule has 0 spiro atoms. The van der Waals surface area contributed by atoms with Gasteiger partial charge in [-0.15, -0.1) is 0 Å². The van der Waals surface area contributed by atoms with Gasteiger partial charge >= 0.3 is 0 Å². The molecule has 0 unspecified atom stereocenters. The first kappa shape index (κ1) is 18.2. The lowest BCUT2D eigenvalue weighted by atomic mass is 10.1. The van der Waals surface area contributed by atoms with Crippen LogP contribution in [0.25, 0.3) is 0 Å². The molecule has 0 saturated heterocycles. The van der Waals surface area contributed by atoms with E-state index in [0.29, 0.717) is 0 Å². The van der Waals surface area contributed by atoms with Crippen molar-refractivity contribution in [1.82, 2.24) is 19.8 Å². The van der Waals surface area contributed by atoms with Crippen LogP contribution >= 0.6 is 0 Å². The van der Waals surface area contributed by atoms with Gasteiger partial charge in [-0.2, -0.15) is 5.10 Å². The van der Waals surface area contributed by atoms with Crippen molar-refractivity contribution in [1.29, 1.82) is 0 Å². The summed E-state index contributed by atoms with van der Waals surface area (Å²) in [6, 6.07) is 6.91. The van der Waals surface area contributed by atoms with E-state index >= 15 is 0 Å². The summed E-state index contributed by atoms with van der Waals surface area (Å²) in [5, 5.41) is 7.05. The Hall–Kier alpha value is -2.19. The largest absolute Gasteiger partial charge is 0.348 e. The van der Waals surface area contributed by atoms with Gasteiger partial charge in [-0.1, -0.05) is 18.9 Å². The van der Waals surface area contributed by atoms with Crippen LogP contribution in [0, 0.1) is 0 Å². The summed E-state index contributed by atoms with van der Waals surface area (Å²) in [6.45, 7) is 0.153. The van der Waals surface area contributed by atoms with E-state index in [1.165, 1.54) is 0 Å². The fourth-order valence-corrected chi connectivity index (χ4v) is 5.35. The molecule has 27 heavy (non-hydrogen) atoms. The van der Waals surface area contributed by atoms with Gasteiger partial charge in [0.25, 0.3) is 0 Å². The molecule has 0 aliphatic heterocycles. The van der Waals surface area contributed by atoms with E-state index in [4.69, 9.17) is 0 Å². The Morgan fingerprint density at radius 2 is 2.04 bits per heavy atom. The van der Waals surface area contributed by atoms with Gasteiger partial charge in [-0.3, -0.25) is 9.48 Å². The Labute approximate surface area is 159 Å². The zero-order valence-corrected chi connectivity index (χ0v) is 15.9. The summed E-state index contributed by atoms with van der Waals surface area (Å²) in [5.41, 5.74) is 2.00. The number of nitrogens with one attached hydrogen (secondary N) is 2. The molecule has 1 amide bonds. The van der Waals surface area contributed by atoms with E-state index in [1.54, 1.807) is 35.3 Å². The maximum atomic E-state index is 12.7. The van der Waals surface area contributed by atoms with E-state index in [2.05, 4.69) is 15.1 Å². The van der Waals surface area contributed by atoms with E-state index in [9.17, 15) is 13.2 Å². The molecule has 2 aliphatic rings. The normalized spacial score (nSPS) is 19.9. The number of benzene rings is 1. The Morgan fingerprint density at radius 1 is 1.22 bits per heavy atom. The Balaban J connectivity index is 1.49. The number of sulfonamides is 1. The molecular formula is C19H24N4O3S. The summed E-state index contributed by atoms with van der Waals surface area (Å²) >= 11 is 0. The maximum absolute atomic E-state index is 12.7. The number of hydrogen-bond donors (Lipinski definition) is 2. The van der Waals surface area contributed by atoms with Gasteiger partial charge in [0.15, 0.2) is 0 Å². The summed E-state index contributed by atoms with van der Waals surface area (Å²) in [6.07, 6.45) is 8.92. The number of fused-ring (bicyclic) bond motifs is 1. The predicted octanol–water partition coefficient (Wildman–Crippen LogP) is 1.91. The highest BCUT2D eigenvalue weighted by Gasteiger charge is 2.28. The third-order valence-electron chi connectivity index (χ3n) is 5.38. The number of nitrogens with zero attached hydrogens (tertiary/aromatic N) is 2. The first-order valence-corrected chi connectivity index (χ1v) is 10.9. The number of rotatable bonds is 6. The average molecular weight is 388 g/mol. The fourth-order valence-electron chi connectivity index (χ4n) is 4.01. The maximum Gasteiger partial charge on any atom is 0.242 e. The van der Waals surface area contributed by atoms with Crippen LogP contribution in [0.5, 0.6) is 0 Å². The highest BCUT2D eigenvalue weighted by molar-refractivity contribution is 7.89. The van der Waals surface area contributed by atoms with Crippen molar-refractivity contribution in [3.05, 3.63) is 47.8 Å². The van der Waals surface area contributed by atoms with E-state index in [-0.39, 0.29) is 29.4 Å². The van der Waals surface area contributed by atoms with Crippen LogP contribution in [0.4, 0.5) is 0 Å². The van der Waals surface area contributed by atoms with Crippen LogP contribution in [0.3, 0.4) is 0 Å². The molecule has 8 heteroatoms. The number of amides is 1. The molecule has 144 valence electrons. The van der Waals surface area contributed by atoms with Crippen molar-refractivity contribution < 1.29 is 13.2 Å². The lowest BCUT2D eigenvalue weighted by Crippen LogP contribution is -2.33. The van der Waals surface area contributed by atoms with Crippen LogP contribution in [-0.4, -0.2) is 30.1 Å². The van der Waals surface area contributed by atoms with Crippen molar-refractivity contribution in [2.24, 2.45) is 0 Å². The number of aryl methyl sites for hydroxylation is 1. The van der Waals surface area contributed by atoms with Crippen molar-refractivity contribution in [3.8, 4) is 0 Å². The molecule has 1 atom stereocenters. The average Bonchev–Trinajstić information content (AvgIpc) is 3.37. The van der Waals surface area contributed by atoms with E-state index < -0.39 is 10.0 Å². The molecule has 1 fully saturated rings. The Kier molecular flexibility index (Phi) is 5.01. The third-order valence-corrected chi connectivity index (χ3v) is 6.90. The summed E-state index contributed by atoms with van der Waals surface area (Å²) < 4.78 is 29.8. The van der Waals surface area contributed by atoms with Gasteiger partial charge < -0.3 is 5.32 Å². The monoisotopic (exact) mass is 388 g/mol. The van der Waals surface area contributed by atoms with Crippen LogP contribution in [-0.2, 0) is 27.8 Å². The fraction of sp³-hybridized carbons (Fsp3) is 0.474. The van der Waals surface area contributed by atoms with Gasteiger partial charge in [0, 0.05) is 18.4 Å². The second-order valence-electron chi connectivity index (χ2n) is 7.33. The lowest BCUT2D eigenvalue weighted by molar-refractivity contribution is -0.122. The highest BCUT2D eigenvalue weighted by atomic mass is 32.2. The minimum absolute atomic E-state index is 0.0350. The molecule has 0 bridgehead atoms. The zero-order chi connectivity index (χ0) is 18.9. The van der Waals surface area contributed by atoms with Gasteiger partial charge in [0.2, 0.25) is 15.9 Å². The SMILES string of the molecule is O=C(Cn1cccn1)N[C@@H]1CCc2ccc(S(=O)(=O)NC3CCCC3)cc21. The quantitative estimate of drug-likeness (QED) is 0.791. The van der Waals surface area contributed by atoms with Gasteiger partial charge in [-0.05, 0) is 55.0 Å². The molecule has 7 nitrogen and oxygen atoms in total. The molecule has 1 aromatic heterocycles. The number of carbonyl (C=O) groups is 1. The smallest absolute Gasteiger partial charge is 0.242 e. The molecule has 1 saturated carbocycles. The van der Waals surface area contributed by atoms with E-state index in [0.717, 1.165) is 49.7 Å². The first-order chi connectivity index (χ1) is 13.0. The zero-order valence-electron chi connectivity index (χ0n) is 15.1. The van der Waals surface area contributed by atoms with Crippen LogP contribution < -0.4 is 10.0 Å². The van der Waals surface area contributed by atoms with Gasteiger partial charge in [-0.25, -0.2) is 13.1 Å².